The van der Waals surface area contributed by atoms with Crippen molar-refractivity contribution in [2.45, 2.75) is 16.7 Å². The van der Waals surface area contributed by atoms with Crippen molar-refractivity contribution in [1.82, 2.24) is 9.55 Å². The summed E-state index contributed by atoms with van der Waals surface area (Å²) in [5, 5.41) is -0.623. The molecule has 4 aromatic rings. The molecule has 0 aliphatic heterocycles. The Morgan fingerprint density at radius 3 is 2.12 bits per heavy atom. The number of amides is 1. The van der Waals surface area contributed by atoms with Crippen LogP contribution < -0.4 is 21.9 Å². The Labute approximate surface area is 200 Å². The largest absolute Gasteiger partial charge is 0.383 e. The summed E-state index contributed by atoms with van der Waals surface area (Å²) in [4.78, 5) is 43.5. The maximum absolute atomic E-state index is 13.7. The lowest BCUT2D eigenvalue weighted by atomic mass is 10.1. The standard InChI is InChI=1S/C26H24N4O3S/c1-29(21-23(27)30(26(33)28-24(21)31)17-18-11-5-2-6-12-18)25(32)22(19-13-7-3-8-14-19)34-20-15-9-4-10-16-20/h2-16,22H,17,27H2,1H3,(H,28,31,33)/t22-/m0/s1. The summed E-state index contributed by atoms with van der Waals surface area (Å²) in [5.74, 6) is -0.396. The quantitative estimate of drug-likeness (QED) is 0.400. The molecule has 0 fully saturated rings. The van der Waals surface area contributed by atoms with E-state index in [2.05, 4.69) is 4.98 Å². The van der Waals surface area contributed by atoms with Gasteiger partial charge in [-0.25, -0.2) is 4.79 Å². The first-order valence-electron chi connectivity index (χ1n) is 10.7. The molecule has 34 heavy (non-hydrogen) atoms. The molecule has 0 bridgehead atoms. The summed E-state index contributed by atoms with van der Waals surface area (Å²) in [5.41, 5.74) is 6.54. The first-order chi connectivity index (χ1) is 16.5. The smallest absolute Gasteiger partial charge is 0.330 e. The van der Waals surface area contributed by atoms with Crippen LogP contribution >= 0.6 is 11.8 Å². The molecule has 1 amide bonds. The molecule has 3 aromatic carbocycles. The number of hydrogen-bond donors (Lipinski definition) is 2. The van der Waals surface area contributed by atoms with Crippen molar-refractivity contribution in [3.63, 3.8) is 0 Å². The van der Waals surface area contributed by atoms with Crippen molar-refractivity contribution in [2.24, 2.45) is 0 Å². The van der Waals surface area contributed by atoms with E-state index in [1.165, 1.54) is 28.3 Å². The van der Waals surface area contributed by atoms with Crippen molar-refractivity contribution < 1.29 is 4.79 Å². The van der Waals surface area contributed by atoms with E-state index >= 15 is 0 Å². The zero-order chi connectivity index (χ0) is 24.1. The molecule has 3 N–H and O–H groups in total. The van der Waals surface area contributed by atoms with Gasteiger partial charge in [0, 0.05) is 11.9 Å². The van der Waals surface area contributed by atoms with Crippen molar-refractivity contribution in [1.29, 1.82) is 0 Å². The number of H-pyrrole nitrogens is 1. The topological polar surface area (TPSA) is 101 Å². The number of hydrogen-bond acceptors (Lipinski definition) is 5. The van der Waals surface area contributed by atoms with E-state index in [9.17, 15) is 14.4 Å². The molecule has 1 heterocycles. The first-order valence-corrected chi connectivity index (χ1v) is 11.5. The van der Waals surface area contributed by atoms with Gasteiger partial charge in [-0.05, 0) is 23.3 Å². The van der Waals surface area contributed by atoms with Crippen molar-refractivity contribution in [3.8, 4) is 0 Å². The van der Waals surface area contributed by atoms with Crippen molar-refractivity contribution in [2.75, 3.05) is 17.7 Å². The molecule has 172 valence electrons. The zero-order valence-corrected chi connectivity index (χ0v) is 19.4. The van der Waals surface area contributed by atoms with Crippen LogP contribution in [0.25, 0.3) is 0 Å². The van der Waals surface area contributed by atoms with Crippen LogP contribution in [0, 0.1) is 0 Å². The molecule has 0 saturated carbocycles. The lowest BCUT2D eigenvalue weighted by molar-refractivity contribution is -0.117. The monoisotopic (exact) mass is 472 g/mol. The number of nitrogens with two attached hydrogens (primary N) is 1. The van der Waals surface area contributed by atoms with E-state index in [4.69, 9.17) is 5.73 Å². The van der Waals surface area contributed by atoms with Crippen molar-refractivity contribution in [3.05, 3.63) is 123 Å². The van der Waals surface area contributed by atoms with Gasteiger partial charge in [0.15, 0.2) is 5.69 Å². The number of nitrogen functional groups attached to an aromatic ring is 1. The Bertz CT molecular complexity index is 1390. The molecule has 8 heteroatoms. The third-order valence-corrected chi connectivity index (χ3v) is 6.64. The Hall–Kier alpha value is -4.04. The minimum Gasteiger partial charge on any atom is -0.383 e. The lowest BCUT2D eigenvalue weighted by Gasteiger charge is -2.25. The molecule has 0 aliphatic carbocycles. The average Bonchev–Trinajstić information content (AvgIpc) is 2.86. The SMILES string of the molecule is CN(C(=O)[C@@H](Sc1ccccc1)c1ccccc1)c1c(N)n(Cc2ccccc2)c(=O)[nH]c1=O. The highest BCUT2D eigenvalue weighted by Gasteiger charge is 2.29. The number of thioether (sulfide) groups is 1. The van der Waals surface area contributed by atoms with E-state index in [1.54, 1.807) is 0 Å². The number of nitrogens with zero attached hydrogens (tertiary/aromatic N) is 2. The molecule has 4 rings (SSSR count). The van der Waals surface area contributed by atoms with Gasteiger partial charge in [0.25, 0.3) is 5.56 Å². The summed E-state index contributed by atoms with van der Waals surface area (Å²) in [6.07, 6.45) is 0. The number of aromatic amines is 1. The molecule has 0 unspecified atom stereocenters. The Kier molecular flexibility index (Phi) is 6.98. The highest BCUT2D eigenvalue weighted by atomic mass is 32.2. The number of nitrogens with one attached hydrogen (secondary N) is 1. The molecule has 0 aliphatic rings. The minimum absolute atomic E-state index is 0.0601. The predicted molar refractivity (Wildman–Crippen MR) is 136 cm³/mol. The third-order valence-electron chi connectivity index (χ3n) is 5.39. The van der Waals surface area contributed by atoms with Gasteiger partial charge in [-0.2, -0.15) is 0 Å². The second kappa shape index (κ2) is 10.3. The fraction of sp³-hybridized carbons (Fsp3) is 0.115. The summed E-state index contributed by atoms with van der Waals surface area (Å²) in [6.45, 7) is 0.165. The van der Waals surface area contributed by atoms with Gasteiger partial charge >= 0.3 is 5.69 Å². The molecule has 1 atom stereocenters. The van der Waals surface area contributed by atoms with E-state index < -0.39 is 16.5 Å². The maximum atomic E-state index is 13.7. The van der Waals surface area contributed by atoms with Gasteiger partial charge in [0.1, 0.15) is 11.1 Å². The fourth-order valence-electron chi connectivity index (χ4n) is 3.63. The Balaban J connectivity index is 1.73. The van der Waals surface area contributed by atoms with Crippen LogP contribution in [0.1, 0.15) is 16.4 Å². The first kappa shape index (κ1) is 23.1. The number of aromatic nitrogens is 2. The molecular weight excluding hydrogens is 448 g/mol. The zero-order valence-electron chi connectivity index (χ0n) is 18.5. The normalized spacial score (nSPS) is 11.7. The second-order valence-electron chi connectivity index (χ2n) is 7.68. The fourth-order valence-corrected chi connectivity index (χ4v) is 4.77. The van der Waals surface area contributed by atoms with E-state index in [0.717, 1.165) is 16.0 Å². The Morgan fingerprint density at radius 1 is 0.941 bits per heavy atom. The van der Waals surface area contributed by atoms with Crippen LogP contribution in [0.4, 0.5) is 11.5 Å². The molecule has 0 radical (unpaired) electrons. The van der Waals surface area contributed by atoms with Crippen LogP contribution in [0.5, 0.6) is 0 Å². The number of benzene rings is 3. The number of anilines is 2. The predicted octanol–water partition coefficient (Wildman–Crippen LogP) is 3.66. The highest BCUT2D eigenvalue weighted by molar-refractivity contribution is 8.00. The third kappa shape index (κ3) is 4.97. The van der Waals surface area contributed by atoms with Crippen LogP contribution in [-0.2, 0) is 11.3 Å². The summed E-state index contributed by atoms with van der Waals surface area (Å²) >= 11 is 1.38. The molecule has 1 aromatic heterocycles. The molecule has 7 nitrogen and oxygen atoms in total. The molecular formula is C26H24N4O3S. The summed E-state index contributed by atoms with van der Waals surface area (Å²) in [7, 11) is 1.50. The molecule has 0 saturated heterocycles. The van der Waals surface area contributed by atoms with E-state index in [0.29, 0.717) is 0 Å². The van der Waals surface area contributed by atoms with Gasteiger partial charge in [0.2, 0.25) is 5.91 Å². The number of rotatable bonds is 7. The highest BCUT2D eigenvalue weighted by Crippen LogP contribution is 2.37. The van der Waals surface area contributed by atoms with Crippen molar-refractivity contribution >= 4 is 29.2 Å². The number of carbonyl (C=O) groups is 1. The van der Waals surface area contributed by atoms with Crippen LogP contribution in [0.3, 0.4) is 0 Å². The lowest BCUT2D eigenvalue weighted by Crippen LogP contribution is -2.40. The van der Waals surface area contributed by atoms with Gasteiger partial charge in [-0.1, -0.05) is 78.9 Å². The summed E-state index contributed by atoms with van der Waals surface area (Å²) < 4.78 is 1.26. The van der Waals surface area contributed by atoms with Crippen LogP contribution in [0.2, 0.25) is 0 Å². The van der Waals surface area contributed by atoms with E-state index in [-0.39, 0.29) is 24.0 Å². The summed E-state index contributed by atoms with van der Waals surface area (Å²) in [6, 6.07) is 28.2. The minimum atomic E-state index is -0.709. The number of likely N-dealkylation sites (N-methyl/N-ethyl adjacent to an activating group) is 1. The van der Waals surface area contributed by atoms with Gasteiger partial charge in [-0.3, -0.25) is 19.1 Å². The van der Waals surface area contributed by atoms with Gasteiger partial charge in [0.05, 0.1) is 6.54 Å². The van der Waals surface area contributed by atoms with Gasteiger partial charge in [-0.15, -0.1) is 11.8 Å². The van der Waals surface area contributed by atoms with Crippen LogP contribution in [0.15, 0.2) is 105 Å². The maximum Gasteiger partial charge on any atom is 0.330 e. The Morgan fingerprint density at radius 2 is 1.50 bits per heavy atom. The number of carbonyl (C=O) groups excluding carboxylic acids is 1. The second-order valence-corrected chi connectivity index (χ2v) is 8.86. The molecule has 0 spiro atoms. The average molecular weight is 473 g/mol. The van der Waals surface area contributed by atoms with Gasteiger partial charge < -0.3 is 10.6 Å². The van der Waals surface area contributed by atoms with E-state index in [1.807, 2.05) is 91.0 Å². The van der Waals surface area contributed by atoms with Crippen LogP contribution in [-0.4, -0.2) is 22.5 Å².